The van der Waals surface area contributed by atoms with Crippen LogP contribution >= 0.6 is 7.60 Å². The molecule has 9 heavy (non-hydrogen) atoms. The van der Waals surface area contributed by atoms with Crippen LogP contribution in [-0.4, -0.2) is 20.2 Å². The SMILES string of the molecule is CC[C@](C)(O)P(=O)(O)O. The summed E-state index contributed by atoms with van der Waals surface area (Å²) in [7, 11) is -4.31. The summed E-state index contributed by atoms with van der Waals surface area (Å²) in [5.41, 5.74) is 0. The van der Waals surface area contributed by atoms with Gasteiger partial charge in [0.2, 0.25) is 0 Å². The molecule has 0 aromatic rings. The van der Waals surface area contributed by atoms with E-state index in [-0.39, 0.29) is 6.42 Å². The molecule has 0 aliphatic heterocycles. The molecule has 0 aromatic heterocycles. The molecule has 0 bridgehead atoms. The lowest BCUT2D eigenvalue weighted by Crippen LogP contribution is -2.22. The zero-order valence-electron chi connectivity index (χ0n) is 5.40. The quantitative estimate of drug-likeness (QED) is 0.499. The van der Waals surface area contributed by atoms with Crippen LogP contribution < -0.4 is 0 Å². The van der Waals surface area contributed by atoms with Crippen LogP contribution in [-0.2, 0) is 4.57 Å². The van der Waals surface area contributed by atoms with Gasteiger partial charge < -0.3 is 14.9 Å². The Hall–Kier alpha value is 0.110. The Morgan fingerprint density at radius 1 is 1.56 bits per heavy atom. The Balaban J connectivity index is 4.34. The van der Waals surface area contributed by atoms with Crippen LogP contribution in [0.5, 0.6) is 0 Å². The minimum atomic E-state index is -4.31. The summed E-state index contributed by atoms with van der Waals surface area (Å²) in [6.07, 6.45) is 0.0529. The lowest BCUT2D eigenvalue weighted by molar-refractivity contribution is 0.105. The summed E-state index contributed by atoms with van der Waals surface area (Å²) < 4.78 is 10.3. The van der Waals surface area contributed by atoms with E-state index in [1.807, 2.05) is 0 Å². The predicted octanol–water partition coefficient (Wildman–Crippen LogP) is 0.283. The van der Waals surface area contributed by atoms with Crippen molar-refractivity contribution in [1.29, 1.82) is 0 Å². The van der Waals surface area contributed by atoms with Gasteiger partial charge >= 0.3 is 7.60 Å². The second-order valence-electron chi connectivity index (χ2n) is 2.11. The van der Waals surface area contributed by atoms with Gasteiger partial charge in [-0.1, -0.05) is 6.92 Å². The van der Waals surface area contributed by atoms with Gasteiger partial charge in [-0.15, -0.1) is 0 Å². The van der Waals surface area contributed by atoms with Crippen molar-refractivity contribution in [2.24, 2.45) is 0 Å². The normalized spacial score (nSPS) is 19.2. The molecule has 5 heteroatoms. The third kappa shape index (κ3) is 2.06. The number of aliphatic hydroxyl groups is 1. The molecule has 0 aromatic carbocycles. The molecular weight excluding hydrogens is 143 g/mol. The molecule has 0 saturated carbocycles. The first-order valence-corrected chi connectivity index (χ1v) is 4.20. The van der Waals surface area contributed by atoms with Gasteiger partial charge in [-0.3, -0.25) is 4.57 Å². The second kappa shape index (κ2) is 2.39. The highest BCUT2D eigenvalue weighted by atomic mass is 31.2. The van der Waals surface area contributed by atoms with Crippen molar-refractivity contribution in [1.82, 2.24) is 0 Å². The Bertz CT molecular complexity index is 136. The van der Waals surface area contributed by atoms with Crippen molar-refractivity contribution >= 4 is 7.60 Å². The second-order valence-corrected chi connectivity index (χ2v) is 4.17. The van der Waals surface area contributed by atoms with Crippen molar-refractivity contribution < 1.29 is 19.5 Å². The monoisotopic (exact) mass is 154 g/mol. The smallest absolute Gasteiger partial charge is 0.356 e. The zero-order valence-corrected chi connectivity index (χ0v) is 6.30. The molecule has 0 heterocycles. The molecule has 0 saturated heterocycles. The first kappa shape index (κ1) is 9.11. The van der Waals surface area contributed by atoms with Crippen molar-refractivity contribution in [2.75, 3.05) is 0 Å². The molecule has 56 valence electrons. The molecule has 3 N–H and O–H groups in total. The van der Waals surface area contributed by atoms with Crippen molar-refractivity contribution in [3.05, 3.63) is 0 Å². The topological polar surface area (TPSA) is 77.8 Å². The average molecular weight is 154 g/mol. The lowest BCUT2D eigenvalue weighted by Gasteiger charge is -2.21. The van der Waals surface area contributed by atoms with Crippen LogP contribution in [0.4, 0.5) is 0 Å². The molecule has 0 amide bonds. The molecule has 1 atom stereocenters. The maximum Gasteiger partial charge on any atom is 0.356 e. The van der Waals surface area contributed by atoms with Crippen LogP contribution in [0.25, 0.3) is 0 Å². The number of rotatable bonds is 2. The van der Waals surface area contributed by atoms with Crippen LogP contribution in [0, 0.1) is 0 Å². The van der Waals surface area contributed by atoms with Gasteiger partial charge in [-0.25, -0.2) is 0 Å². The highest BCUT2D eigenvalue weighted by Crippen LogP contribution is 2.49. The Labute approximate surface area is 53.7 Å². The highest BCUT2D eigenvalue weighted by molar-refractivity contribution is 7.53. The summed E-state index contributed by atoms with van der Waals surface area (Å²) >= 11 is 0. The molecule has 0 radical (unpaired) electrons. The fraction of sp³-hybridized carbons (Fsp3) is 1.00. The average Bonchev–Trinajstić information content (AvgIpc) is 1.64. The molecule has 0 unspecified atom stereocenters. The minimum Gasteiger partial charge on any atom is -0.378 e. The Kier molecular flexibility index (Phi) is 2.41. The molecule has 0 fully saturated rings. The van der Waals surface area contributed by atoms with Gasteiger partial charge in [0.25, 0.3) is 0 Å². The highest BCUT2D eigenvalue weighted by Gasteiger charge is 2.38. The zero-order chi connectivity index (χ0) is 7.71. The van der Waals surface area contributed by atoms with E-state index in [0.29, 0.717) is 0 Å². The summed E-state index contributed by atoms with van der Waals surface area (Å²) in [6.45, 7) is 2.63. The van der Waals surface area contributed by atoms with E-state index in [0.717, 1.165) is 6.92 Å². The van der Waals surface area contributed by atoms with E-state index in [9.17, 15) is 4.57 Å². The molecule has 0 aliphatic carbocycles. The van der Waals surface area contributed by atoms with Gasteiger partial charge in [-0.2, -0.15) is 0 Å². The van der Waals surface area contributed by atoms with Crippen molar-refractivity contribution in [2.45, 2.75) is 25.6 Å². The fourth-order valence-corrected chi connectivity index (χ4v) is 0.618. The minimum absolute atomic E-state index is 0.0529. The fourth-order valence-electron chi connectivity index (χ4n) is 0.206. The first-order chi connectivity index (χ1) is 3.81. The summed E-state index contributed by atoms with van der Waals surface area (Å²) in [5.74, 6) is 0. The maximum atomic E-state index is 10.3. The molecule has 0 aliphatic rings. The largest absolute Gasteiger partial charge is 0.378 e. The third-order valence-electron chi connectivity index (χ3n) is 1.30. The van der Waals surface area contributed by atoms with Crippen LogP contribution in [0.15, 0.2) is 0 Å². The van der Waals surface area contributed by atoms with E-state index in [1.54, 1.807) is 0 Å². The van der Waals surface area contributed by atoms with Gasteiger partial charge in [0, 0.05) is 0 Å². The van der Waals surface area contributed by atoms with Crippen molar-refractivity contribution in [3.63, 3.8) is 0 Å². The van der Waals surface area contributed by atoms with Crippen LogP contribution in [0.3, 0.4) is 0 Å². The standard InChI is InChI=1S/C4H11O4P/c1-3-4(2,5)9(6,7)8/h5H,3H2,1-2H3,(H2,6,7,8)/t4-/m1/s1. The predicted molar refractivity (Wildman–Crippen MR) is 33.0 cm³/mol. The molecule has 0 spiro atoms. The van der Waals surface area contributed by atoms with E-state index >= 15 is 0 Å². The van der Waals surface area contributed by atoms with E-state index in [2.05, 4.69) is 0 Å². The Morgan fingerprint density at radius 3 is 1.89 bits per heavy atom. The summed E-state index contributed by atoms with van der Waals surface area (Å²) in [4.78, 5) is 16.8. The molecule has 4 nitrogen and oxygen atoms in total. The molecule has 0 rings (SSSR count). The Morgan fingerprint density at radius 2 is 1.89 bits per heavy atom. The van der Waals surface area contributed by atoms with Gasteiger partial charge in [0.15, 0.2) is 5.34 Å². The summed E-state index contributed by atoms with van der Waals surface area (Å²) in [5, 5.41) is 7.04. The number of hydrogen-bond acceptors (Lipinski definition) is 2. The van der Waals surface area contributed by atoms with Gasteiger partial charge in [0.05, 0.1) is 0 Å². The van der Waals surface area contributed by atoms with Gasteiger partial charge in [-0.05, 0) is 13.3 Å². The van der Waals surface area contributed by atoms with E-state index in [4.69, 9.17) is 14.9 Å². The third-order valence-corrected chi connectivity index (χ3v) is 2.87. The first-order valence-electron chi connectivity index (χ1n) is 2.59. The van der Waals surface area contributed by atoms with E-state index < -0.39 is 12.9 Å². The van der Waals surface area contributed by atoms with Gasteiger partial charge in [0.1, 0.15) is 0 Å². The van der Waals surface area contributed by atoms with Crippen LogP contribution in [0.2, 0.25) is 0 Å². The number of hydrogen-bond donors (Lipinski definition) is 3. The lowest BCUT2D eigenvalue weighted by atomic mass is 10.3. The van der Waals surface area contributed by atoms with Crippen molar-refractivity contribution in [3.8, 4) is 0 Å². The van der Waals surface area contributed by atoms with E-state index in [1.165, 1.54) is 6.92 Å². The summed E-state index contributed by atoms with van der Waals surface area (Å²) in [6, 6.07) is 0. The maximum absolute atomic E-state index is 10.3. The molecular formula is C4H11O4P. The van der Waals surface area contributed by atoms with Crippen LogP contribution in [0.1, 0.15) is 20.3 Å².